The van der Waals surface area contributed by atoms with Crippen LogP contribution in [0, 0.1) is 0 Å². The molecule has 0 unspecified atom stereocenters. The van der Waals surface area contributed by atoms with Crippen LogP contribution in [0.15, 0.2) is 15.7 Å². The summed E-state index contributed by atoms with van der Waals surface area (Å²) in [6.45, 7) is 2.56. The van der Waals surface area contributed by atoms with Crippen molar-refractivity contribution in [3.05, 3.63) is 32.6 Å². The Morgan fingerprint density at radius 1 is 1.35 bits per heavy atom. The van der Waals surface area contributed by atoms with Gasteiger partial charge in [-0.05, 0) is 6.42 Å². The van der Waals surface area contributed by atoms with Crippen molar-refractivity contribution >= 4 is 0 Å². The molecule has 0 aromatic carbocycles. The van der Waals surface area contributed by atoms with Gasteiger partial charge < -0.3 is 9.47 Å². The van der Waals surface area contributed by atoms with Gasteiger partial charge in [0.1, 0.15) is 0 Å². The lowest BCUT2D eigenvalue weighted by molar-refractivity contribution is -0.111. The number of nitrogens with zero attached hydrogens (tertiary/aromatic N) is 1. The Morgan fingerprint density at radius 2 is 2.00 bits per heavy atom. The summed E-state index contributed by atoms with van der Waals surface area (Å²) in [5, 5.41) is 0. The average Bonchev–Trinajstić information content (AvgIpc) is 2.29. The van der Waals surface area contributed by atoms with Crippen LogP contribution < -0.4 is 11.2 Å². The summed E-state index contributed by atoms with van der Waals surface area (Å²) in [6.07, 6.45) is 1.09. The number of unbranched alkanes of at least 4 members (excludes halogenated alkanes) is 1. The van der Waals surface area contributed by atoms with E-state index in [0.29, 0.717) is 12.2 Å². The number of aromatic amines is 1. The summed E-state index contributed by atoms with van der Waals surface area (Å²) < 4.78 is 11.6. The van der Waals surface area contributed by atoms with Gasteiger partial charge in [0.15, 0.2) is 6.29 Å². The van der Waals surface area contributed by atoms with E-state index in [0.717, 1.165) is 12.8 Å². The molecule has 6 heteroatoms. The van der Waals surface area contributed by atoms with Crippen LogP contribution in [0.2, 0.25) is 0 Å². The SMILES string of the molecule is CCCCn1c(C(OC)OC)cc(=O)[nH]c1=O. The normalized spacial score (nSPS) is 11.1. The van der Waals surface area contributed by atoms with Crippen LogP contribution in [0.25, 0.3) is 0 Å². The van der Waals surface area contributed by atoms with Crippen molar-refractivity contribution in [1.29, 1.82) is 0 Å². The predicted octanol–water partition coefficient (Wildman–Crippen LogP) is 0.628. The topological polar surface area (TPSA) is 73.3 Å². The van der Waals surface area contributed by atoms with Gasteiger partial charge in [0.2, 0.25) is 0 Å². The first-order valence-corrected chi connectivity index (χ1v) is 5.53. The maximum atomic E-state index is 11.7. The molecular formula is C11H18N2O4. The molecule has 0 aliphatic rings. The summed E-state index contributed by atoms with van der Waals surface area (Å²) in [5.74, 6) is 0. The molecule has 1 N–H and O–H groups in total. The number of hydrogen-bond acceptors (Lipinski definition) is 4. The molecule has 0 radical (unpaired) electrons. The second-order valence-corrected chi connectivity index (χ2v) is 3.67. The minimum Gasteiger partial charge on any atom is -0.350 e. The zero-order valence-corrected chi connectivity index (χ0v) is 10.4. The smallest absolute Gasteiger partial charge is 0.328 e. The molecule has 96 valence electrons. The number of hydrogen-bond donors (Lipinski definition) is 1. The van der Waals surface area contributed by atoms with Crippen LogP contribution in [0.3, 0.4) is 0 Å². The molecular weight excluding hydrogens is 224 g/mol. The Labute approximate surface area is 99.2 Å². The van der Waals surface area contributed by atoms with E-state index in [-0.39, 0.29) is 0 Å². The number of rotatable bonds is 6. The van der Waals surface area contributed by atoms with E-state index in [1.807, 2.05) is 6.92 Å². The van der Waals surface area contributed by atoms with Crippen molar-refractivity contribution in [2.75, 3.05) is 14.2 Å². The van der Waals surface area contributed by atoms with Crippen molar-refractivity contribution in [3.63, 3.8) is 0 Å². The van der Waals surface area contributed by atoms with Gasteiger partial charge in [-0.2, -0.15) is 0 Å². The fraction of sp³-hybridized carbons (Fsp3) is 0.636. The van der Waals surface area contributed by atoms with Gasteiger partial charge in [0, 0.05) is 26.8 Å². The van der Waals surface area contributed by atoms with Crippen molar-refractivity contribution in [1.82, 2.24) is 9.55 Å². The second kappa shape index (κ2) is 6.36. The Morgan fingerprint density at radius 3 is 2.53 bits per heavy atom. The Kier molecular flexibility index (Phi) is 5.11. The maximum Gasteiger partial charge on any atom is 0.328 e. The number of ether oxygens (including phenoxy) is 2. The molecule has 1 rings (SSSR count). The molecule has 0 fully saturated rings. The van der Waals surface area contributed by atoms with Gasteiger partial charge in [-0.15, -0.1) is 0 Å². The highest BCUT2D eigenvalue weighted by Crippen LogP contribution is 2.14. The monoisotopic (exact) mass is 242 g/mol. The zero-order valence-electron chi connectivity index (χ0n) is 10.4. The van der Waals surface area contributed by atoms with E-state index in [1.54, 1.807) is 0 Å². The van der Waals surface area contributed by atoms with Gasteiger partial charge in [-0.25, -0.2) is 4.79 Å². The first-order chi connectivity index (χ1) is 8.13. The van der Waals surface area contributed by atoms with E-state index < -0.39 is 17.5 Å². The Balaban J connectivity index is 3.24. The summed E-state index contributed by atoms with van der Waals surface area (Å²) in [4.78, 5) is 25.2. The molecule has 0 saturated carbocycles. The lowest BCUT2D eigenvalue weighted by Crippen LogP contribution is -2.33. The Bertz CT molecular complexity index is 459. The second-order valence-electron chi connectivity index (χ2n) is 3.67. The maximum absolute atomic E-state index is 11.7. The molecule has 0 aliphatic carbocycles. The number of aromatic nitrogens is 2. The molecule has 1 aromatic rings. The van der Waals surface area contributed by atoms with Gasteiger partial charge in [0.05, 0.1) is 5.69 Å². The number of H-pyrrole nitrogens is 1. The molecule has 6 nitrogen and oxygen atoms in total. The minimum atomic E-state index is -0.707. The third-order valence-corrected chi connectivity index (χ3v) is 2.47. The molecule has 17 heavy (non-hydrogen) atoms. The Hall–Kier alpha value is -1.40. The highest BCUT2D eigenvalue weighted by Gasteiger charge is 2.15. The largest absolute Gasteiger partial charge is 0.350 e. The fourth-order valence-electron chi connectivity index (χ4n) is 1.62. The summed E-state index contributed by atoms with van der Waals surface area (Å²) in [6, 6.07) is 1.33. The average molecular weight is 242 g/mol. The quantitative estimate of drug-likeness (QED) is 0.742. The van der Waals surface area contributed by atoms with E-state index in [9.17, 15) is 9.59 Å². The van der Waals surface area contributed by atoms with Crippen molar-refractivity contribution < 1.29 is 9.47 Å². The molecule has 0 saturated heterocycles. The van der Waals surface area contributed by atoms with Gasteiger partial charge in [-0.1, -0.05) is 13.3 Å². The van der Waals surface area contributed by atoms with Crippen molar-refractivity contribution in [2.24, 2.45) is 0 Å². The lowest BCUT2D eigenvalue weighted by atomic mass is 10.3. The van der Waals surface area contributed by atoms with Crippen LogP contribution in [-0.2, 0) is 16.0 Å². The van der Waals surface area contributed by atoms with E-state index >= 15 is 0 Å². The van der Waals surface area contributed by atoms with Crippen LogP contribution >= 0.6 is 0 Å². The highest BCUT2D eigenvalue weighted by atomic mass is 16.7. The molecule has 0 bridgehead atoms. The van der Waals surface area contributed by atoms with E-state index in [2.05, 4.69) is 4.98 Å². The van der Waals surface area contributed by atoms with E-state index in [4.69, 9.17) is 9.47 Å². The van der Waals surface area contributed by atoms with Gasteiger partial charge >= 0.3 is 5.69 Å². The zero-order chi connectivity index (χ0) is 12.8. The summed E-state index contributed by atoms with van der Waals surface area (Å²) in [7, 11) is 2.92. The molecule has 0 atom stereocenters. The van der Waals surface area contributed by atoms with Crippen molar-refractivity contribution in [3.8, 4) is 0 Å². The first-order valence-electron chi connectivity index (χ1n) is 5.53. The fourth-order valence-corrected chi connectivity index (χ4v) is 1.62. The minimum absolute atomic E-state index is 0.431. The predicted molar refractivity (Wildman–Crippen MR) is 63.0 cm³/mol. The molecule has 1 heterocycles. The summed E-state index contributed by atoms with van der Waals surface area (Å²) in [5.41, 5.74) is -0.436. The molecule has 0 spiro atoms. The third kappa shape index (κ3) is 3.28. The standard InChI is InChI=1S/C11H18N2O4/c1-4-5-6-13-8(10(16-2)17-3)7-9(14)12-11(13)15/h7,10H,4-6H2,1-3H3,(H,12,14,15). The first kappa shape index (κ1) is 13.7. The van der Waals surface area contributed by atoms with Gasteiger partial charge in [0.25, 0.3) is 5.56 Å². The van der Waals surface area contributed by atoms with Crippen molar-refractivity contribution in [2.45, 2.75) is 32.6 Å². The number of nitrogens with one attached hydrogen (secondary N) is 1. The van der Waals surface area contributed by atoms with Crippen LogP contribution in [-0.4, -0.2) is 23.8 Å². The van der Waals surface area contributed by atoms with Gasteiger partial charge in [-0.3, -0.25) is 14.3 Å². The highest BCUT2D eigenvalue weighted by molar-refractivity contribution is 5.03. The lowest BCUT2D eigenvalue weighted by Gasteiger charge is -2.18. The summed E-state index contributed by atoms with van der Waals surface area (Å²) >= 11 is 0. The van der Waals surface area contributed by atoms with Crippen LogP contribution in [0.1, 0.15) is 31.7 Å². The molecule has 0 amide bonds. The number of methoxy groups -OCH3 is 2. The third-order valence-electron chi connectivity index (χ3n) is 2.47. The van der Waals surface area contributed by atoms with Crippen LogP contribution in [0.5, 0.6) is 0 Å². The molecule has 1 aromatic heterocycles. The van der Waals surface area contributed by atoms with E-state index in [1.165, 1.54) is 24.9 Å². The van der Waals surface area contributed by atoms with Crippen LogP contribution in [0.4, 0.5) is 0 Å². The molecule has 0 aliphatic heterocycles.